The van der Waals surface area contributed by atoms with Gasteiger partial charge in [0.05, 0.1) is 5.60 Å². The van der Waals surface area contributed by atoms with Crippen LogP contribution >= 0.6 is 0 Å². The minimum atomic E-state index is -0.696. The van der Waals surface area contributed by atoms with Crippen LogP contribution in [0.4, 0.5) is 0 Å². The van der Waals surface area contributed by atoms with Gasteiger partial charge in [-0.3, -0.25) is 4.79 Å². The lowest BCUT2D eigenvalue weighted by molar-refractivity contribution is -0.131. The third kappa shape index (κ3) is 3.80. The number of β-amino-alcohol motifs (C(OH)–C–C–N with tert-alkyl or cyclic N) is 1. The van der Waals surface area contributed by atoms with Gasteiger partial charge in [-0.2, -0.15) is 0 Å². The molecule has 0 radical (unpaired) electrons. The number of hydrogen-bond acceptors (Lipinski definition) is 2. The third-order valence-corrected chi connectivity index (χ3v) is 3.86. The summed E-state index contributed by atoms with van der Waals surface area (Å²) >= 11 is 0. The van der Waals surface area contributed by atoms with E-state index in [1.807, 2.05) is 0 Å². The van der Waals surface area contributed by atoms with Crippen LogP contribution in [0.25, 0.3) is 0 Å². The summed E-state index contributed by atoms with van der Waals surface area (Å²) in [5, 5.41) is 9.86. The minimum Gasteiger partial charge on any atom is -0.388 e. The maximum Gasteiger partial charge on any atom is 0.223 e. The molecule has 3 heteroatoms. The van der Waals surface area contributed by atoms with Crippen LogP contribution in [0.15, 0.2) is 24.3 Å². The van der Waals surface area contributed by atoms with Crippen molar-refractivity contribution >= 4 is 5.91 Å². The van der Waals surface area contributed by atoms with Crippen molar-refractivity contribution in [3.05, 3.63) is 35.4 Å². The van der Waals surface area contributed by atoms with Crippen LogP contribution in [0.5, 0.6) is 0 Å². The Balaban J connectivity index is 1.83. The molecule has 1 amide bonds. The summed E-state index contributed by atoms with van der Waals surface area (Å²) in [6, 6.07) is 8.46. The number of carbonyl (C=O) groups excluding carboxylic acids is 1. The number of rotatable bonds is 4. The first-order valence-electron chi connectivity index (χ1n) is 7.08. The Labute approximate surface area is 115 Å². The number of aliphatic hydroxyl groups is 1. The molecule has 1 aliphatic heterocycles. The summed E-state index contributed by atoms with van der Waals surface area (Å²) in [7, 11) is 0. The molecule has 2 rings (SSSR count). The summed E-state index contributed by atoms with van der Waals surface area (Å²) in [6.07, 6.45) is 3.04. The molecule has 1 fully saturated rings. The fourth-order valence-electron chi connectivity index (χ4n) is 2.51. The Morgan fingerprint density at radius 3 is 2.47 bits per heavy atom. The Kier molecular flexibility index (Phi) is 4.25. The molecule has 1 unspecified atom stereocenters. The maximum absolute atomic E-state index is 12.0. The first-order chi connectivity index (χ1) is 9.00. The van der Waals surface area contributed by atoms with Crippen molar-refractivity contribution in [3.8, 4) is 0 Å². The number of benzene rings is 1. The van der Waals surface area contributed by atoms with E-state index >= 15 is 0 Å². The van der Waals surface area contributed by atoms with Crippen molar-refractivity contribution < 1.29 is 9.90 Å². The van der Waals surface area contributed by atoms with E-state index in [0.29, 0.717) is 25.9 Å². The zero-order valence-electron chi connectivity index (χ0n) is 11.9. The highest BCUT2D eigenvalue weighted by Gasteiger charge is 2.33. The SMILES string of the molecule is CCc1ccc(CCC(=O)N2CCC(C)(O)C2)cc1. The van der Waals surface area contributed by atoms with Crippen LogP contribution < -0.4 is 0 Å². The summed E-state index contributed by atoms with van der Waals surface area (Å²) < 4.78 is 0. The lowest BCUT2D eigenvalue weighted by Crippen LogP contribution is -2.33. The second-order valence-electron chi connectivity index (χ2n) is 5.73. The van der Waals surface area contributed by atoms with Gasteiger partial charge in [0, 0.05) is 19.5 Å². The number of nitrogens with zero attached hydrogens (tertiary/aromatic N) is 1. The van der Waals surface area contributed by atoms with Crippen molar-refractivity contribution in [1.29, 1.82) is 0 Å². The Morgan fingerprint density at radius 1 is 1.32 bits per heavy atom. The van der Waals surface area contributed by atoms with E-state index in [2.05, 4.69) is 31.2 Å². The van der Waals surface area contributed by atoms with Crippen LogP contribution in [-0.2, 0) is 17.6 Å². The fraction of sp³-hybridized carbons (Fsp3) is 0.562. The predicted molar refractivity (Wildman–Crippen MR) is 76.0 cm³/mol. The van der Waals surface area contributed by atoms with Gasteiger partial charge >= 0.3 is 0 Å². The van der Waals surface area contributed by atoms with Crippen molar-refractivity contribution in [2.75, 3.05) is 13.1 Å². The molecule has 1 N–H and O–H groups in total. The van der Waals surface area contributed by atoms with E-state index in [4.69, 9.17) is 0 Å². The van der Waals surface area contributed by atoms with Gasteiger partial charge in [-0.25, -0.2) is 0 Å². The Hall–Kier alpha value is -1.35. The van der Waals surface area contributed by atoms with Gasteiger partial charge in [-0.15, -0.1) is 0 Å². The summed E-state index contributed by atoms with van der Waals surface area (Å²) in [4.78, 5) is 13.8. The number of amides is 1. The molecule has 1 atom stereocenters. The zero-order chi connectivity index (χ0) is 13.9. The molecule has 1 heterocycles. The van der Waals surface area contributed by atoms with Crippen molar-refractivity contribution in [3.63, 3.8) is 0 Å². The number of carbonyl (C=O) groups is 1. The first kappa shape index (κ1) is 14.1. The maximum atomic E-state index is 12.0. The minimum absolute atomic E-state index is 0.150. The zero-order valence-corrected chi connectivity index (χ0v) is 11.9. The second kappa shape index (κ2) is 5.74. The van der Waals surface area contributed by atoms with E-state index in [1.54, 1.807) is 11.8 Å². The van der Waals surface area contributed by atoms with Gasteiger partial charge in [0.1, 0.15) is 0 Å². The van der Waals surface area contributed by atoms with Gasteiger partial charge in [0.2, 0.25) is 5.91 Å². The molecule has 1 aromatic carbocycles. The van der Waals surface area contributed by atoms with Crippen LogP contribution in [-0.4, -0.2) is 34.6 Å². The number of likely N-dealkylation sites (tertiary alicyclic amines) is 1. The third-order valence-electron chi connectivity index (χ3n) is 3.86. The topological polar surface area (TPSA) is 40.5 Å². The highest BCUT2D eigenvalue weighted by atomic mass is 16.3. The molecule has 1 saturated heterocycles. The Morgan fingerprint density at radius 2 is 1.95 bits per heavy atom. The molecule has 19 heavy (non-hydrogen) atoms. The van der Waals surface area contributed by atoms with Crippen molar-refractivity contribution in [2.45, 2.75) is 45.1 Å². The smallest absolute Gasteiger partial charge is 0.223 e. The van der Waals surface area contributed by atoms with Crippen LogP contribution in [0.3, 0.4) is 0 Å². The lowest BCUT2D eigenvalue weighted by Gasteiger charge is -2.19. The van der Waals surface area contributed by atoms with Crippen LogP contribution in [0, 0.1) is 0 Å². The molecule has 0 aromatic heterocycles. The molecule has 0 bridgehead atoms. The fourth-order valence-corrected chi connectivity index (χ4v) is 2.51. The van der Waals surface area contributed by atoms with E-state index in [-0.39, 0.29) is 5.91 Å². The average molecular weight is 261 g/mol. The molecular weight excluding hydrogens is 238 g/mol. The second-order valence-corrected chi connectivity index (χ2v) is 5.73. The van der Waals surface area contributed by atoms with Gasteiger partial charge in [0.15, 0.2) is 0 Å². The quantitative estimate of drug-likeness (QED) is 0.902. The standard InChI is InChI=1S/C16H23NO2/c1-3-13-4-6-14(7-5-13)8-9-15(18)17-11-10-16(2,19)12-17/h4-7,19H,3,8-12H2,1-2H3. The lowest BCUT2D eigenvalue weighted by atomic mass is 10.1. The molecular formula is C16H23NO2. The van der Waals surface area contributed by atoms with Gasteiger partial charge < -0.3 is 10.0 Å². The predicted octanol–water partition coefficient (Wildman–Crippen LogP) is 2.16. The highest BCUT2D eigenvalue weighted by molar-refractivity contribution is 5.76. The molecule has 0 saturated carbocycles. The van der Waals surface area contributed by atoms with E-state index in [0.717, 1.165) is 12.8 Å². The molecule has 0 aliphatic carbocycles. The molecule has 0 spiro atoms. The van der Waals surface area contributed by atoms with E-state index in [9.17, 15) is 9.90 Å². The van der Waals surface area contributed by atoms with Crippen molar-refractivity contribution in [1.82, 2.24) is 4.90 Å². The summed E-state index contributed by atoms with van der Waals surface area (Å²) in [5.74, 6) is 0.150. The van der Waals surface area contributed by atoms with Gasteiger partial charge in [-0.05, 0) is 37.3 Å². The van der Waals surface area contributed by atoms with Crippen LogP contribution in [0.2, 0.25) is 0 Å². The average Bonchev–Trinajstić information content (AvgIpc) is 2.77. The van der Waals surface area contributed by atoms with E-state index in [1.165, 1.54) is 11.1 Å². The van der Waals surface area contributed by atoms with Gasteiger partial charge in [-0.1, -0.05) is 31.2 Å². The summed E-state index contributed by atoms with van der Waals surface area (Å²) in [5.41, 5.74) is 1.83. The van der Waals surface area contributed by atoms with E-state index < -0.39 is 5.60 Å². The largest absolute Gasteiger partial charge is 0.388 e. The van der Waals surface area contributed by atoms with Crippen LogP contribution in [0.1, 0.15) is 37.8 Å². The highest BCUT2D eigenvalue weighted by Crippen LogP contribution is 2.21. The number of hydrogen-bond donors (Lipinski definition) is 1. The van der Waals surface area contributed by atoms with Crippen molar-refractivity contribution in [2.24, 2.45) is 0 Å². The molecule has 1 aromatic rings. The molecule has 104 valence electrons. The summed E-state index contributed by atoms with van der Waals surface area (Å²) in [6.45, 7) is 5.09. The number of aryl methyl sites for hydroxylation is 2. The molecule has 1 aliphatic rings. The normalized spacial score (nSPS) is 22.8. The Bertz CT molecular complexity index is 437. The molecule has 3 nitrogen and oxygen atoms in total. The monoisotopic (exact) mass is 261 g/mol. The van der Waals surface area contributed by atoms with Gasteiger partial charge in [0.25, 0.3) is 0 Å². The first-order valence-corrected chi connectivity index (χ1v) is 7.08.